The third-order valence-electron chi connectivity index (χ3n) is 6.46. The molecule has 0 heterocycles. The average Bonchev–Trinajstić information content (AvgIpc) is 3.05. The number of rotatable bonds is 16. The van der Waals surface area contributed by atoms with E-state index in [0.29, 0.717) is 23.3 Å². The van der Waals surface area contributed by atoms with Crippen LogP contribution in [-0.2, 0) is 9.47 Å². The highest BCUT2D eigenvalue weighted by Gasteiger charge is 2.10. The fraction of sp³-hybridized carbons (Fsp3) is 0.405. The summed E-state index contributed by atoms with van der Waals surface area (Å²) < 4.78 is 10.3. The summed E-state index contributed by atoms with van der Waals surface area (Å²) in [5, 5.41) is 16.8. The molecule has 7 nitrogen and oxygen atoms in total. The van der Waals surface area contributed by atoms with Crippen molar-refractivity contribution in [2.45, 2.75) is 90.6 Å². The van der Waals surface area contributed by atoms with E-state index < -0.39 is 5.97 Å². The van der Waals surface area contributed by atoms with E-state index in [-0.39, 0.29) is 24.5 Å². The second-order valence-electron chi connectivity index (χ2n) is 10.3. The zero-order valence-corrected chi connectivity index (χ0v) is 26.2. The predicted molar refractivity (Wildman–Crippen MR) is 174 cm³/mol. The van der Waals surface area contributed by atoms with E-state index in [0.717, 1.165) is 12.8 Å². The molecule has 0 radical (unpaired) electrons. The zero-order chi connectivity index (χ0) is 32.3. The van der Waals surface area contributed by atoms with Gasteiger partial charge in [0.1, 0.15) is 6.10 Å². The molecule has 0 spiro atoms. The lowest BCUT2D eigenvalue weighted by atomic mass is 10.1. The summed E-state index contributed by atoms with van der Waals surface area (Å²) in [7, 11) is 0. The molecule has 0 amide bonds. The van der Waals surface area contributed by atoms with Gasteiger partial charge in [-0.1, -0.05) is 119 Å². The summed E-state index contributed by atoms with van der Waals surface area (Å²) in [5.41, 5.74) is 1.49. The van der Waals surface area contributed by atoms with Crippen molar-refractivity contribution in [2.24, 2.45) is 0 Å². The molecule has 1 unspecified atom stereocenters. The van der Waals surface area contributed by atoms with Crippen molar-refractivity contribution in [3.05, 3.63) is 108 Å². The van der Waals surface area contributed by atoms with Crippen molar-refractivity contribution in [2.75, 3.05) is 6.61 Å². The van der Waals surface area contributed by atoms with Crippen LogP contribution in [0.15, 0.2) is 91.0 Å². The minimum atomic E-state index is -0.879. The van der Waals surface area contributed by atoms with Gasteiger partial charge < -0.3 is 14.6 Å². The number of benzene rings is 3. The predicted octanol–water partition coefficient (Wildman–Crippen LogP) is 9.29. The number of esters is 2. The SMILES string of the molecule is CC(CC#N)OC(=O)c1ccccc1.CCCCCCCCCCCCOC(=O)c1ccccc1.O=C(O)c1ccccc1. The standard InChI is InChI=1S/C19H30O2.C11H11NO2.C7H6O2/c1-2-3-4-5-6-7-8-9-10-14-17-21-19(20)18-15-12-11-13-16-18;1-9(7-8-12)14-11(13)10-5-3-2-4-6-10;8-7(9)6-4-2-1-3-5-6/h11-13,15-16H,2-10,14,17H2,1H3;2-6,9H,7H2,1H3;1-5H,(H,8,9). The van der Waals surface area contributed by atoms with Gasteiger partial charge in [-0.2, -0.15) is 5.26 Å². The van der Waals surface area contributed by atoms with Crippen LogP contribution in [0.4, 0.5) is 0 Å². The molecule has 0 saturated heterocycles. The lowest BCUT2D eigenvalue weighted by molar-refractivity contribution is 0.0350. The Bertz CT molecular complexity index is 1210. The normalized spacial score (nSPS) is 10.5. The Hall–Kier alpha value is -4.44. The minimum Gasteiger partial charge on any atom is -0.478 e. The monoisotopic (exact) mass is 601 g/mol. The van der Waals surface area contributed by atoms with Crippen LogP contribution in [0.2, 0.25) is 0 Å². The van der Waals surface area contributed by atoms with E-state index in [1.54, 1.807) is 73.7 Å². The first-order valence-electron chi connectivity index (χ1n) is 15.5. The molecular weight excluding hydrogens is 554 g/mol. The van der Waals surface area contributed by atoms with Gasteiger partial charge >= 0.3 is 17.9 Å². The minimum absolute atomic E-state index is 0.202. The van der Waals surface area contributed by atoms with Crippen molar-refractivity contribution in [1.82, 2.24) is 0 Å². The Morgan fingerprint density at radius 1 is 0.659 bits per heavy atom. The van der Waals surface area contributed by atoms with Gasteiger partial charge in [0.15, 0.2) is 0 Å². The molecule has 0 aromatic heterocycles. The Morgan fingerprint density at radius 3 is 1.48 bits per heavy atom. The van der Waals surface area contributed by atoms with E-state index in [9.17, 15) is 14.4 Å². The topological polar surface area (TPSA) is 114 Å². The van der Waals surface area contributed by atoms with Gasteiger partial charge in [0.25, 0.3) is 0 Å². The molecule has 3 rings (SSSR count). The highest BCUT2D eigenvalue weighted by Crippen LogP contribution is 2.11. The largest absolute Gasteiger partial charge is 0.478 e. The molecule has 1 N–H and O–H groups in total. The second kappa shape index (κ2) is 25.1. The van der Waals surface area contributed by atoms with Crippen LogP contribution in [0, 0.1) is 11.3 Å². The number of aromatic carboxylic acids is 1. The summed E-state index contributed by atoms with van der Waals surface area (Å²) in [6, 6.07) is 28.2. The molecule has 0 saturated carbocycles. The molecule has 0 bridgehead atoms. The second-order valence-corrected chi connectivity index (χ2v) is 10.3. The Morgan fingerprint density at radius 2 is 1.07 bits per heavy atom. The molecule has 3 aromatic rings. The van der Waals surface area contributed by atoms with Gasteiger partial charge in [-0.05, 0) is 49.7 Å². The first-order valence-corrected chi connectivity index (χ1v) is 15.5. The fourth-order valence-corrected chi connectivity index (χ4v) is 3.99. The fourth-order valence-electron chi connectivity index (χ4n) is 3.99. The highest BCUT2D eigenvalue weighted by atomic mass is 16.5. The molecule has 7 heteroatoms. The summed E-state index contributed by atoms with van der Waals surface area (Å²) in [6.07, 6.45) is 12.8. The quantitative estimate of drug-likeness (QED) is 0.128. The molecule has 0 aliphatic carbocycles. The summed E-state index contributed by atoms with van der Waals surface area (Å²) >= 11 is 0. The molecular formula is C37H47NO6. The van der Waals surface area contributed by atoms with Crippen molar-refractivity contribution in [3.63, 3.8) is 0 Å². The van der Waals surface area contributed by atoms with Crippen molar-refractivity contribution < 1.29 is 29.0 Å². The van der Waals surface area contributed by atoms with Gasteiger partial charge in [0.05, 0.1) is 35.8 Å². The van der Waals surface area contributed by atoms with Crippen LogP contribution in [0.5, 0.6) is 0 Å². The highest BCUT2D eigenvalue weighted by molar-refractivity contribution is 5.89. The van der Waals surface area contributed by atoms with Gasteiger partial charge in [-0.15, -0.1) is 0 Å². The van der Waals surface area contributed by atoms with E-state index in [1.165, 1.54) is 51.4 Å². The molecule has 0 aliphatic rings. The number of hydrogen-bond acceptors (Lipinski definition) is 6. The van der Waals surface area contributed by atoms with E-state index in [4.69, 9.17) is 19.8 Å². The van der Waals surface area contributed by atoms with E-state index >= 15 is 0 Å². The van der Waals surface area contributed by atoms with Gasteiger partial charge in [-0.3, -0.25) is 0 Å². The third-order valence-corrected chi connectivity index (χ3v) is 6.46. The molecule has 0 aliphatic heterocycles. The lowest BCUT2D eigenvalue weighted by Gasteiger charge is -2.09. The molecule has 3 aromatic carbocycles. The van der Waals surface area contributed by atoms with Crippen molar-refractivity contribution in [1.29, 1.82) is 5.26 Å². The number of unbranched alkanes of at least 4 members (excludes halogenated alkanes) is 9. The van der Waals surface area contributed by atoms with Crippen LogP contribution < -0.4 is 0 Å². The lowest BCUT2D eigenvalue weighted by Crippen LogP contribution is -2.14. The number of carbonyl (C=O) groups excluding carboxylic acids is 2. The first kappa shape index (κ1) is 37.6. The van der Waals surface area contributed by atoms with E-state index in [2.05, 4.69) is 6.92 Å². The maximum atomic E-state index is 11.7. The number of carboxylic acids is 1. The average molecular weight is 602 g/mol. The molecule has 44 heavy (non-hydrogen) atoms. The third kappa shape index (κ3) is 18.9. The van der Waals surface area contributed by atoms with Crippen molar-refractivity contribution >= 4 is 17.9 Å². The van der Waals surface area contributed by atoms with Crippen LogP contribution in [0.25, 0.3) is 0 Å². The van der Waals surface area contributed by atoms with E-state index in [1.807, 2.05) is 30.3 Å². The molecule has 1 atom stereocenters. The van der Waals surface area contributed by atoms with Crippen LogP contribution >= 0.6 is 0 Å². The van der Waals surface area contributed by atoms with Crippen LogP contribution in [0.1, 0.15) is 116 Å². The molecule has 236 valence electrons. The molecule has 0 fully saturated rings. The number of carbonyl (C=O) groups is 3. The van der Waals surface area contributed by atoms with Crippen LogP contribution in [0.3, 0.4) is 0 Å². The number of nitrogens with zero attached hydrogens (tertiary/aromatic N) is 1. The van der Waals surface area contributed by atoms with Crippen LogP contribution in [-0.4, -0.2) is 35.7 Å². The number of ether oxygens (including phenoxy) is 2. The first-order chi connectivity index (χ1) is 21.4. The van der Waals surface area contributed by atoms with Gasteiger partial charge in [-0.25, -0.2) is 14.4 Å². The maximum Gasteiger partial charge on any atom is 0.338 e. The number of carboxylic acid groups (broad SMARTS) is 1. The number of hydrogen-bond donors (Lipinski definition) is 1. The number of nitriles is 1. The van der Waals surface area contributed by atoms with Gasteiger partial charge in [0, 0.05) is 0 Å². The van der Waals surface area contributed by atoms with Crippen molar-refractivity contribution in [3.8, 4) is 6.07 Å². The summed E-state index contributed by atoms with van der Waals surface area (Å²) in [6.45, 7) is 4.50. The smallest absolute Gasteiger partial charge is 0.338 e. The Kier molecular flexibility index (Phi) is 21.4. The summed E-state index contributed by atoms with van der Waals surface area (Å²) in [4.78, 5) is 33.3. The van der Waals surface area contributed by atoms with Gasteiger partial charge in [0.2, 0.25) is 0 Å². The Labute approximate surface area is 262 Å². The summed E-state index contributed by atoms with van der Waals surface area (Å²) in [5.74, 6) is -1.46. The Balaban J connectivity index is 0.000000360. The zero-order valence-electron chi connectivity index (χ0n) is 26.2. The maximum absolute atomic E-state index is 11.7.